The van der Waals surface area contributed by atoms with Crippen molar-refractivity contribution in [2.75, 3.05) is 0 Å². The number of hydrogen-bond acceptors (Lipinski definition) is 8. The molecule has 0 spiro atoms. The summed E-state index contributed by atoms with van der Waals surface area (Å²) in [7, 11) is 0. The fraction of sp³-hybridized carbons (Fsp3) is 0.583. The van der Waals surface area contributed by atoms with Gasteiger partial charge < -0.3 is 29.0 Å². The zero-order valence-electron chi connectivity index (χ0n) is 28.3. The number of nitrogens with one attached hydrogen (secondary N) is 1. The second-order valence-corrected chi connectivity index (χ2v) is 14.7. The van der Waals surface area contributed by atoms with Gasteiger partial charge in [0.05, 0.1) is 18.6 Å². The Morgan fingerprint density at radius 1 is 0.711 bits per heavy atom. The molecule has 1 aliphatic rings. The van der Waals surface area contributed by atoms with Crippen LogP contribution >= 0.6 is 0 Å². The van der Waals surface area contributed by atoms with Crippen LogP contribution in [-0.2, 0) is 41.6 Å². The normalized spacial score (nSPS) is 18.2. The zero-order chi connectivity index (χ0) is 33.4. The molecule has 2 atom stereocenters. The van der Waals surface area contributed by atoms with Crippen LogP contribution < -0.4 is 10.1 Å². The molecule has 1 N–H and O–H groups in total. The number of alkyl carbamates (subject to hydrolysis) is 1. The third-order valence-corrected chi connectivity index (χ3v) is 6.73. The van der Waals surface area contributed by atoms with Gasteiger partial charge in [0, 0.05) is 12.8 Å². The van der Waals surface area contributed by atoms with Crippen molar-refractivity contribution in [3.05, 3.63) is 65.7 Å². The molecular weight excluding hydrogens is 574 g/mol. The van der Waals surface area contributed by atoms with Gasteiger partial charge >= 0.3 is 18.0 Å². The summed E-state index contributed by atoms with van der Waals surface area (Å²) in [6, 6.07) is 16.5. The number of rotatable bonds is 12. The monoisotopic (exact) mass is 625 g/mol. The van der Waals surface area contributed by atoms with Crippen molar-refractivity contribution >= 4 is 18.0 Å². The van der Waals surface area contributed by atoms with Gasteiger partial charge in [-0.15, -0.1) is 0 Å². The van der Waals surface area contributed by atoms with E-state index in [4.69, 9.17) is 23.7 Å². The average Bonchev–Trinajstić information content (AvgIpc) is 2.87. The maximum Gasteiger partial charge on any atom is 0.408 e. The summed E-state index contributed by atoms with van der Waals surface area (Å²) >= 11 is 0. The highest BCUT2D eigenvalue weighted by Crippen LogP contribution is 2.30. The van der Waals surface area contributed by atoms with E-state index in [-0.39, 0.29) is 25.0 Å². The van der Waals surface area contributed by atoms with E-state index in [1.807, 2.05) is 42.5 Å². The van der Waals surface area contributed by atoms with Gasteiger partial charge in [-0.05, 0) is 98.4 Å². The van der Waals surface area contributed by atoms with Gasteiger partial charge in [-0.1, -0.05) is 42.5 Å². The summed E-state index contributed by atoms with van der Waals surface area (Å²) in [6.45, 7) is 16.4. The number of carbonyl (C=O) groups excluding carboxylic acids is 3. The molecule has 0 radical (unpaired) electrons. The SMILES string of the molecule is CC(C)(C)OC(=O)N[C@@H](C[C@H](Cc1ccc(OC2CC(OCc3ccccc3)C2)cc1)C(=O)OC(C)(C)C)C(=O)OC(C)(C)C. The second kappa shape index (κ2) is 15.1. The number of hydrogen-bond donors (Lipinski definition) is 1. The van der Waals surface area contributed by atoms with Crippen LogP contribution in [0.15, 0.2) is 54.6 Å². The number of esters is 2. The van der Waals surface area contributed by atoms with Crippen LogP contribution in [0.4, 0.5) is 4.79 Å². The van der Waals surface area contributed by atoms with Crippen molar-refractivity contribution in [3.8, 4) is 5.75 Å². The lowest BCUT2D eigenvalue weighted by molar-refractivity contribution is -0.162. The smallest absolute Gasteiger partial charge is 0.408 e. The zero-order valence-corrected chi connectivity index (χ0v) is 28.3. The largest absolute Gasteiger partial charge is 0.490 e. The van der Waals surface area contributed by atoms with Crippen LogP contribution in [0.2, 0.25) is 0 Å². The number of carbonyl (C=O) groups is 3. The Morgan fingerprint density at radius 2 is 1.27 bits per heavy atom. The average molecular weight is 626 g/mol. The highest BCUT2D eigenvalue weighted by Gasteiger charge is 2.35. The van der Waals surface area contributed by atoms with E-state index in [0.717, 1.165) is 29.7 Å². The van der Waals surface area contributed by atoms with Crippen LogP contribution in [0.25, 0.3) is 0 Å². The Morgan fingerprint density at radius 3 is 1.82 bits per heavy atom. The van der Waals surface area contributed by atoms with Gasteiger partial charge in [0.25, 0.3) is 0 Å². The highest BCUT2D eigenvalue weighted by molar-refractivity contribution is 5.83. The van der Waals surface area contributed by atoms with Gasteiger partial charge in [0.1, 0.15) is 34.7 Å². The third-order valence-electron chi connectivity index (χ3n) is 6.73. The number of benzene rings is 2. The van der Waals surface area contributed by atoms with E-state index < -0.39 is 46.8 Å². The van der Waals surface area contributed by atoms with Gasteiger partial charge in [0.15, 0.2) is 0 Å². The lowest BCUT2D eigenvalue weighted by Gasteiger charge is -2.35. The summed E-state index contributed by atoms with van der Waals surface area (Å²) in [5, 5.41) is 2.62. The number of amides is 1. The fourth-order valence-electron chi connectivity index (χ4n) is 4.69. The maximum atomic E-state index is 13.4. The van der Waals surface area contributed by atoms with Gasteiger partial charge in [-0.3, -0.25) is 4.79 Å². The molecule has 0 bridgehead atoms. The third kappa shape index (κ3) is 13.5. The van der Waals surface area contributed by atoms with Crippen LogP contribution in [0.1, 0.15) is 92.7 Å². The van der Waals surface area contributed by atoms with Gasteiger partial charge in [-0.25, -0.2) is 9.59 Å². The van der Waals surface area contributed by atoms with Crippen molar-refractivity contribution in [1.29, 1.82) is 0 Å². The summed E-state index contributed by atoms with van der Waals surface area (Å²) in [5.41, 5.74) is -0.293. The Labute approximate surface area is 268 Å². The molecule has 9 heteroatoms. The molecule has 1 fully saturated rings. The molecule has 248 valence electrons. The summed E-state index contributed by atoms with van der Waals surface area (Å²) in [4.78, 5) is 39.3. The Bertz CT molecular complexity index is 1250. The molecule has 1 aliphatic carbocycles. The van der Waals surface area contributed by atoms with E-state index in [1.165, 1.54) is 0 Å². The fourth-order valence-corrected chi connectivity index (χ4v) is 4.69. The predicted octanol–water partition coefficient (Wildman–Crippen LogP) is 6.94. The first-order valence-corrected chi connectivity index (χ1v) is 15.7. The highest BCUT2D eigenvalue weighted by atomic mass is 16.6. The predicted molar refractivity (Wildman–Crippen MR) is 172 cm³/mol. The van der Waals surface area contributed by atoms with Crippen molar-refractivity contribution < 1.29 is 38.1 Å². The number of ether oxygens (including phenoxy) is 5. The van der Waals surface area contributed by atoms with Crippen molar-refractivity contribution in [2.24, 2.45) is 5.92 Å². The Kier molecular flexibility index (Phi) is 12.1. The molecule has 0 aliphatic heterocycles. The molecular formula is C36H51NO8. The molecule has 9 nitrogen and oxygen atoms in total. The Balaban J connectivity index is 1.66. The second-order valence-electron chi connectivity index (χ2n) is 14.7. The summed E-state index contributed by atoms with van der Waals surface area (Å²) < 4.78 is 28.8. The van der Waals surface area contributed by atoms with E-state index >= 15 is 0 Å². The topological polar surface area (TPSA) is 109 Å². The standard InChI is InChI=1S/C36H51NO8/c1-34(2,3)43-31(38)26(20-30(32(39)44-35(4,5)6)37-33(40)45-36(7,8)9)19-24-15-17-27(18-16-24)42-29-21-28(22-29)41-23-25-13-11-10-12-14-25/h10-18,26,28-30H,19-23H2,1-9H3,(H,37,40)/t26-,28?,29?,30-/m0/s1. The molecule has 1 amide bonds. The van der Waals surface area contributed by atoms with Crippen LogP contribution in [0.3, 0.4) is 0 Å². The van der Waals surface area contributed by atoms with E-state index in [9.17, 15) is 14.4 Å². The van der Waals surface area contributed by atoms with Crippen molar-refractivity contribution in [3.63, 3.8) is 0 Å². The molecule has 0 aromatic heterocycles. The first-order valence-electron chi connectivity index (χ1n) is 15.7. The van der Waals surface area contributed by atoms with Crippen LogP contribution in [-0.4, -0.2) is 53.1 Å². The first kappa shape index (κ1) is 35.9. The van der Waals surface area contributed by atoms with Crippen LogP contribution in [0.5, 0.6) is 5.75 Å². The van der Waals surface area contributed by atoms with E-state index in [1.54, 1.807) is 62.3 Å². The lowest BCUT2D eigenvalue weighted by atomic mass is 9.91. The molecule has 0 saturated heterocycles. The van der Waals surface area contributed by atoms with Crippen LogP contribution in [0, 0.1) is 5.92 Å². The summed E-state index contributed by atoms with van der Waals surface area (Å²) in [5.74, 6) is -1.15. The minimum Gasteiger partial charge on any atom is -0.490 e. The molecule has 0 heterocycles. The van der Waals surface area contributed by atoms with Crippen molar-refractivity contribution in [1.82, 2.24) is 5.32 Å². The molecule has 2 aromatic carbocycles. The minimum atomic E-state index is -1.13. The van der Waals surface area contributed by atoms with E-state index in [0.29, 0.717) is 6.61 Å². The maximum absolute atomic E-state index is 13.4. The van der Waals surface area contributed by atoms with Crippen molar-refractivity contribution in [2.45, 2.75) is 130 Å². The van der Waals surface area contributed by atoms with Gasteiger partial charge in [0.2, 0.25) is 0 Å². The lowest BCUT2D eigenvalue weighted by Crippen LogP contribution is -2.48. The molecule has 0 unspecified atom stereocenters. The first-order chi connectivity index (χ1) is 20.8. The molecule has 3 rings (SSSR count). The minimum absolute atomic E-state index is 0.0340. The molecule has 2 aromatic rings. The Hall–Kier alpha value is -3.59. The quantitative estimate of drug-likeness (QED) is 0.200. The van der Waals surface area contributed by atoms with Gasteiger partial charge in [-0.2, -0.15) is 0 Å². The summed E-state index contributed by atoms with van der Waals surface area (Å²) in [6.07, 6.45) is 1.39. The molecule has 1 saturated carbocycles. The molecule has 45 heavy (non-hydrogen) atoms. The van der Waals surface area contributed by atoms with E-state index in [2.05, 4.69) is 17.4 Å².